The Morgan fingerprint density at radius 1 is 1.07 bits per heavy atom. The summed E-state index contributed by atoms with van der Waals surface area (Å²) in [6.07, 6.45) is 5.02. The maximum Gasteiger partial charge on any atom is 0.443 e. The molecule has 2 aromatic heterocycles. The van der Waals surface area contributed by atoms with Gasteiger partial charge in [-0.1, -0.05) is 12.1 Å². The smallest absolute Gasteiger partial charge is 0.246 e. The van der Waals surface area contributed by atoms with Gasteiger partial charge < -0.3 is 0 Å². The third-order valence-electron chi connectivity index (χ3n) is 1.83. The van der Waals surface area contributed by atoms with Crippen LogP contribution >= 0.6 is 0 Å². The van der Waals surface area contributed by atoms with Crippen LogP contribution in [0.3, 0.4) is 0 Å². The molecule has 0 aliphatic carbocycles. The second-order valence-electron chi connectivity index (χ2n) is 2.80. The first kappa shape index (κ1) is 8.56. The Balaban J connectivity index is 2.35. The summed E-state index contributed by atoms with van der Waals surface area (Å²) in [5.74, 6) is -0.119. The molecule has 2 heterocycles. The lowest BCUT2D eigenvalue weighted by atomic mass is 10.3. The zero-order chi connectivity index (χ0) is 9.80. The lowest BCUT2D eigenvalue weighted by Gasteiger charge is -1.92. The molecule has 3 heteroatoms. The van der Waals surface area contributed by atoms with E-state index in [1.807, 2.05) is 6.07 Å². The van der Waals surface area contributed by atoms with Crippen LogP contribution in [-0.2, 0) is 0 Å². The van der Waals surface area contributed by atoms with E-state index in [2.05, 4.69) is 4.98 Å². The molecule has 0 spiro atoms. The molecule has 3 nitrogen and oxygen atoms in total. The van der Waals surface area contributed by atoms with E-state index in [1.54, 1.807) is 48.9 Å². The Bertz CT molecular complexity index is 384. The highest BCUT2D eigenvalue weighted by Crippen LogP contribution is 1.92. The molecular weight excluding hydrogens is 176 g/mol. The van der Waals surface area contributed by atoms with Crippen molar-refractivity contribution in [2.24, 2.45) is 0 Å². The minimum Gasteiger partial charge on any atom is -0.246 e. The molecule has 0 aliphatic heterocycles. The fourth-order valence-corrected chi connectivity index (χ4v) is 1.16. The van der Waals surface area contributed by atoms with Crippen molar-refractivity contribution in [3.05, 3.63) is 60.7 Å². The zero-order valence-electron chi connectivity index (χ0n) is 7.50. The van der Waals surface area contributed by atoms with Gasteiger partial charge >= 0.3 is 5.91 Å². The van der Waals surface area contributed by atoms with Crippen LogP contribution in [0.5, 0.6) is 0 Å². The third-order valence-corrected chi connectivity index (χ3v) is 1.83. The summed E-state index contributed by atoms with van der Waals surface area (Å²) in [4.78, 5) is 15.7. The van der Waals surface area contributed by atoms with Crippen molar-refractivity contribution in [2.75, 3.05) is 0 Å². The minimum absolute atomic E-state index is 0.119. The molecule has 0 N–H and O–H groups in total. The molecular formula is C11H9N2O+. The van der Waals surface area contributed by atoms with Crippen LogP contribution in [0, 0.1) is 0 Å². The summed E-state index contributed by atoms with van der Waals surface area (Å²) in [7, 11) is 0. The first-order valence-corrected chi connectivity index (χ1v) is 4.30. The molecule has 0 amide bonds. The average Bonchev–Trinajstić information content (AvgIpc) is 2.30. The van der Waals surface area contributed by atoms with Crippen LogP contribution < -0.4 is 4.57 Å². The standard InChI is InChI=1S/C11H9N2O/c14-11(10-6-2-3-7-12-10)13-8-4-1-5-9-13/h1-9H/q+1. The van der Waals surface area contributed by atoms with E-state index >= 15 is 0 Å². The maximum absolute atomic E-state index is 11.7. The van der Waals surface area contributed by atoms with Gasteiger partial charge in [-0.05, 0) is 12.1 Å². The molecule has 14 heavy (non-hydrogen) atoms. The Morgan fingerprint density at radius 2 is 1.86 bits per heavy atom. The molecule has 68 valence electrons. The van der Waals surface area contributed by atoms with Gasteiger partial charge in [0.15, 0.2) is 18.1 Å². The fraction of sp³-hybridized carbons (Fsp3) is 0. The van der Waals surface area contributed by atoms with E-state index in [4.69, 9.17) is 0 Å². The summed E-state index contributed by atoms with van der Waals surface area (Å²) in [5.41, 5.74) is 0.448. The molecule has 0 bridgehead atoms. The second kappa shape index (κ2) is 3.79. The molecule has 0 saturated heterocycles. The summed E-state index contributed by atoms with van der Waals surface area (Å²) >= 11 is 0. The number of aromatic nitrogens is 2. The molecule has 0 aliphatic rings. The van der Waals surface area contributed by atoms with Gasteiger partial charge in [-0.25, -0.2) is 9.78 Å². The van der Waals surface area contributed by atoms with Crippen molar-refractivity contribution < 1.29 is 9.36 Å². The molecule has 0 radical (unpaired) electrons. The maximum atomic E-state index is 11.7. The highest BCUT2D eigenvalue weighted by molar-refractivity contribution is 5.84. The average molecular weight is 185 g/mol. The van der Waals surface area contributed by atoms with Crippen molar-refractivity contribution in [3.8, 4) is 0 Å². The van der Waals surface area contributed by atoms with Crippen LogP contribution in [0.25, 0.3) is 0 Å². The van der Waals surface area contributed by atoms with Crippen LogP contribution in [0.4, 0.5) is 0 Å². The SMILES string of the molecule is O=C(c1ccccn1)[n+]1ccccc1. The van der Waals surface area contributed by atoms with E-state index in [0.717, 1.165) is 0 Å². The quantitative estimate of drug-likeness (QED) is 0.622. The van der Waals surface area contributed by atoms with Crippen molar-refractivity contribution >= 4 is 5.91 Å². The zero-order valence-corrected chi connectivity index (χ0v) is 7.50. The van der Waals surface area contributed by atoms with E-state index in [0.29, 0.717) is 5.69 Å². The summed E-state index contributed by atoms with van der Waals surface area (Å²) in [6, 6.07) is 10.8. The Hall–Kier alpha value is -2.03. The summed E-state index contributed by atoms with van der Waals surface area (Å²) in [5, 5.41) is 0. The number of carbonyl (C=O) groups excluding carboxylic acids is 1. The van der Waals surface area contributed by atoms with Gasteiger partial charge in [0.1, 0.15) is 0 Å². The molecule has 0 unspecified atom stereocenters. The normalized spacial score (nSPS) is 9.71. The fourth-order valence-electron chi connectivity index (χ4n) is 1.16. The number of carbonyl (C=O) groups is 1. The van der Waals surface area contributed by atoms with Crippen molar-refractivity contribution in [2.45, 2.75) is 0 Å². The van der Waals surface area contributed by atoms with Crippen molar-refractivity contribution in [1.82, 2.24) is 4.98 Å². The van der Waals surface area contributed by atoms with Crippen molar-refractivity contribution in [1.29, 1.82) is 0 Å². The minimum atomic E-state index is -0.119. The van der Waals surface area contributed by atoms with Crippen LogP contribution in [0.1, 0.15) is 10.5 Å². The molecule has 2 rings (SSSR count). The summed E-state index contributed by atoms with van der Waals surface area (Å²) in [6.45, 7) is 0. The van der Waals surface area contributed by atoms with E-state index < -0.39 is 0 Å². The number of rotatable bonds is 1. The van der Waals surface area contributed by atoms with Gasteiger partial charge in [-0.15, -0.1) is 4.57 Å². The topological polar surface area (TPSA) is 33.8 Å². The third kappa shape index (κ3) is 1.66. The largest absolute Gasteiger partial charge is 0.443 e. The highest BCUT2D eigenvalue weighted by atomic mass is 16.2. The highest BCUT2D eigenvalue weighted by Gasteiger charge is 2.16. The van der Waals surface area contributed by atoms with Crippen LogP contribution in [0.2, 0.25) is 0 Å². The molecule has 0 saturated carbocycles. The number of nitrogens with zero attached hydrogens (tertiary/aromatic N) is 2. The first-order chi connectivity index (χ1) is 6.88. The molecule has 0 atom stereocenters. The molecule has 0 fully saturated rings. The number of hydrogen-bond donors (Lipinski definition) is 0. The van der Waals surface area contributed by atoms with Gasteiger partial charge in [0, 0.05) is 18.3 Å². The Kier molecular flexibility index (Phi) is 2.32. The molecule has 2 aromatic rings. The van der Waals surface area contributed by atoms with Gasteiger partial charge in [0.05, 0.1) is 0 Å². The van der Waals surface area contributed by atoms with Crippen molar-refractivity contribution in [3.63, 3.8) is 0 Å². The van der Waals surface area contributed by atoms with Crippen LogP contribution in [0.15, 0.2) is 55.0 Å². The van der Waals surface area contributed by atoms with Gasteiger partial charge in [0.25, 0.3) is 0 Å². The van der Waals surface area contributed by atoms with Crippen LogP contribution in [-0.4, -0.2) is 10.9 Å². The van der Waals surface area contributed by atoms with Gasteiger partial charge in [0.2, 0.25) is 0 Å². The summed E-state index contributed by atoms with van der Waals surface area (Å²) < 4.78 is 1.50. The second-order valence-corrected chi connectivity index (χ2v) is 2.80. The lowest BCUT2D eigenvalue weighted by Crippen LogP contribution is -2.42. The predicted molar refractivity (Wildman–Crippen MR) is 50.6 cm³/mol. The van der Waals surface area contributed by atoms with Gasteiger partial charge in [-0.3, -0.25) is 0 Å². The molecule has 0 aromatic carbocycles. The first-order valence-electron chi connectivity index (χ1n) is 4.30. The Morgan fingerprint density at radius 3 is 2.50 bits per heavy atom. The van der Waals surface area contributed by atoms with E-state index in [9.17, 15) is 4.79 Å². The lowest BCUT2D eigenvalue weighted by molar-refractivity contribution is -0.570. The predicted octanol–water partition coefficient (Wildman–Crippen LogP) is 1.06. The van der Waals surface area contributed by atoms with Gasteiger partial charge in [-0.2, -0.15) is 0 Å². The number of hydrogen-bond acceptors (Lipinski definition) is 2. The monoisotopic (exact) mass is 185 g/mol. The van der Waals surface area contributed by atoms with E-state index in [-0.39, 0.29) is 5.91 Å². The van der Waals surface area contributed by atoms with E-state index in [1.165, 1.54) is 4.57 Å². The Labute approximate surface area is 81.7 Å². The number of pyridine rings is 2.